The molecule has 0 radical (unpaired) electrons. The molecule has 8 heteroatoms. The Morgan fingerprint density at radius 3 is 2.30 bits per heavy atom. The van der Waals surface area contributed by atoms with Crippen LogP contribution >= 0.6 is 0 Å². The number of aryl methyl sites for hydroxylation is 1. The Morgan fingerprint density at radius 1 is 1.30 bits per heavy atom. The summed E-state index contributed by atoms with van der Waals surface area (Å²) < 4.78 is 39.2. The number of hydrogen-bond donors (Lipinski definition) is 3. The summed E-state index contributed by atoms with van der Waals surface area (Å²) in [6.45, 7) is 6.51. The van der Waals surface area contributed by atoms with Crippen molar-refractivity contribution in [2.24, 2.45) is 0 Å². The van der Waals surface area contributed by atoms with E-state index in [1.807, 2.05) is 4.72 Å². The fourth-order valence-corrected chi connectivity index (χ4v) is 2.49. The van der Waals surface area contributed by atoms with Crippen molar-refractivity contribution in [3.8, 4) is 0 Å². The molecule has 0 fully saturated rings. The zero-order valence-electron chi connectivity index (χ0n) is 11.7. The fraction of sp³-hybridized carbons (Fsp3) is 0.417. The maximum atomic E-state index is 13.4. The van der Waals surface area contributed by atoms with E-state index in [0.29, 0.717) is 0 Å². The van der Waals surface area contributed by atoms with Crippen LogP contribution in [0.5, 0.6) is 0 Å². The lowest BCUT2D eigenvalue weighted by Gasteiger charge is -2.20. The third kappa shape index (κ3) is 4.09. The van der Waals surface area contributed by atoms with Gasteiger partial charge in [0, 0.05) is 5.54 Å². The molecular formula is C12H18FN3O3S. The van der Waals surface area contributed by atoms with Crippen molar-refractivity contribution in [3.05, 3.63) is 23.5 Å². The molecule has 20 heavy (non-hydrogen) atoms. The molecule has 0 unspecified atom stereocenters. The number of anilines is 1. The third-order valence-corrected chi connectivity index (χ3v) is 3.59. The first kappa shape index (κ1) is 16.2. The topological polar surface area (TPSA) is 101 Å². The van der Waals surface area contributed by atoms with Crippen molar-refractivity contribution in [1.82, 2.24) is 10.0 Å². The smallest absolute Gasteiger partial charge is 0.329 e. The minimum absolute atomic E-state index is 0.0848. The van der Waals surface area contributed by atoms with Gasteiger partial charge >= 0.3 is 6.03 Å². The minimum Gasteiger partial charge on any atom is -0.396 e. The quantitative estimate of drug-likeness (QED) is 0.721. The van der Waals surface area contributed by atoms with E-state index in [2.05, 4.69) is 5.32 Å². The summed E-state index contributed by atoms with van der Waals surface area (Å²) in [5.74, 6) is -0.678. The van der Waals surface area contributed by atoms with Crippen molar-refractivity contribution in [1.29, 1.82) is 0 Å². The van der Waals surface area contributed by atoms with Crippen LogP contribution in [0.3, 0.4) is 0 Å². The van der Waals surface area contributed by atoms with Crippen LogP contribution in [0.15, 0.2) is 17.0 Å². The molecule has 2 amide bonds. The Kier molecular flexibility index (Phi) is 4.28. The van der Waals surface area contributed by atoms with Gasteiger partial charge in [-0.1, -0.05) is 0 Å². The van der Waals surface area contributed by atoms with E-state index in [0.717, 1.165) is 12.1 Å². The highest BCUT2D eigenvalue weighted by atomic mass is 32.2. The first-order valence-electron chi connectivity index (χ1n) is 5.83. The van der Waals surface area contributed by atoms with Crippen molar-refractivity contribution in [2.45, 2.75) is 38.1 Å². The molecule has 0 spiro atoms. The van der Waals surface area contributed by atoms with Gasteiger partial charge in [-0.3, -0.25) is 0 Å². The summed E-state index contributed by atoms with van der Waals surface area (Å²) >= 11 is 0. The van der Waals surface area contributed by atoms with Crippen LogP contribution in [0.25, 0.3) is 0 Å². The molecule has 0 aliphatic heterocycles. The van der Waals surface area contributed by atoms with Gasteiger partial charge in [0.15, 0.2) is 0 Å². The number of nitrogens with one attached hydrogen (secondary N) is 2. The van der Waals surface area contributed by atoms with Gasteiger partial charge in [-0.05, 0) is 45.4 Å². The number of nitrogens with two attached hydrogens (primary N) is 1. The number of halogens is 1. The highest BCUT2D eigenvalue weighted by Gasteiger charge is 2.22. The lowest BCUT2D eigenvalue weighted by molar-refractivity contribution is 0.237. The molecule has 4 N–H and O–H groups in total. The maximum Gasteiger partial charge on any atom is 0.329 e. The Labute approximate surface area is 117 Å². The molecule has 1 aromatic carbocycles. The van der Waals surface area contributed by atoms with Gasteiger partial charge in [-0.25, -0.2) is 22.3 Å². The Hall–Kier alpha value is -1.83. The van der Waals surface area contributed by atoms with Gasteiger partial charge in [0.25, 0.3) is 10.0 Å². The van der Waals surface area contributed by atoms with Crippen LogP contribution in [-0.4, -0.2) is 20.0 Å². The zero-order valence-corrected chi connectivity index (χ0v) is 12.6. The molecule has 112 valence electrons. The van der Waals surface area contributed by atoms with Crippen molar-refractivity contribution >= 4 is 21.7 Å². The number of carbonyl (C=O) groups is 1. The van der Waals surface area contributed by atoms with Crippen molar-refractivity contribution in [3.63, 3.8) is 0 Å². The molecular weight excluding hydrogens is 285 g/mol. The summed E-state index contributed by atoms with van der Waals surface area (Å²) in [6, 6.07) is 1.21. The minimum atomic E-state index is -4.10. The molecule has 6 nitrogen and oxygen atoms in total. The molecule has 0 aliphatic rings. The van der Waals surface area contributed by atoms with Crippen LogP contribution in [0.1, 0.15) is 26.3 Å². The summed E-state index contributed by atoms with van der Waals surface area (Å²) in [5, 5.41) is 2.45. The highest BCUT2D eigenvalue weighted by Crippen LogP contribution is 2.20. The molecule has 0 heterocycles. The Morgan fingerprint density at radius 2 is 1.85 bits per heavy atom. The fourth-order valence-electron chi connectivity index (χ4n) is 1.46. The molecule has 0 atom stereocenters. The van der Waals surface area contributed by atoms with Crippen molar-refractivity contribution in [2.75, 3.05) is 5.73 Å². The molecule has 1 aromatic rings. The van der Waals surface area contributed by atoms with E-state index in [4.69, 9.17) is 5.73 Å². The van der Waals surface area contributed by atoms with Crippen LogP contribution in [-0.2, 0) is 10.0 Å². The van der Waals surface area contributed by atoms with E-state index in [1.54, 1.807) is 20.8 Å². The summed E-state index contributed by atoms with van der Waals surface area (Å²) in [7, 11) is -4.10. The van der Waals surface area contributed by atoms with Crippen LogP contribution < -0.4 is 15.8 Å². The van der Waals surface area contributed by atoms with Gasteiger partial charge in [0.05, 0.1) is 10.6 Å². The second-order valence-electron chi connectivity index (χ2n) is 5.45. The van der Waals surface area contributed by atoms with E-state index in [9.17, 15) is 17.6 Å². The highest BCUT2D eigenvalue weighted by molar-refractivity contribution is 7.90. The standard InChI is InChI=1S/C12H18FN3O3S/c1-7-5-8(6-9(14)10(7)13)20(18,19)16-11(17)15-12(2,3)4/h5-6H,14H2,1-4H3,(H2,15,16,17). The van der Waals surface area contributed by atoms with Crippen LogP contribution in [0.4, 0.5) is 14.9 Å². The lowest BCUT2D eigenvalue weighted by Crippen LogP contribution is -2.48. The number of benzene rings is 1. The first-order valence-corrected chi connectivity index (χ1v) is 7.31. The summed E-state index contributed by atoms with van der Waals surface area (Å²) in [4.78, 5) is 11.3. The predicted octanol–water partition coefficient (Wildman–Crippen LogP) is 1.50. The molecule has 0 bridgehead atoms. The first-order chi connectivity index (χ1) is 8.92. The van der Waals surface area contributed by atoms with Crippen molar-refractivity contribution < 1.29 is 17.6 Å². The number of rotatable bonds is 2. The largest absolute Gasteiger partial charge is 0.396 e. The average molecular weight is 303 g/mol. The maximum absolute atomic E-state index is 13.4. The van der Waals surface area contributed by atoms with Gasteiger partial charge < -0.3 is 11.1 Å². The van der Waals surface area contributed by atoms with E-state index in [1.165, 1.54) is 6.92 Å². The number of nitrogen functional groups attached to an aromatic ring is 1. The Bertz CT molecular complexity index is 613. The molecule has 1 rings (SSSR count). The predicted molar refractivity (Wildman–Crippen MR) is 74.2 cm³/mol. The molecule has 0 saturated carbocycles. The Balaban J connectivity index is 3.04. The number of amides is 2. The number of carbonyl (C=O) groups excluding carboxylic acids is 1. The molecule has 0 aromatic heterocycles. The second-order valence-corrected chi connectivity index (χ2v) is 7.14. The number of hydrogen-bond acceptors (Lipinski definition) is 4. The van der Waals surface area contributed by atoms with Crippen LogP contribution in [0, 0.1) is 12.7 Å². The van der Waals surface area contributed by atoms with Gasteiger partial charge in [0.1, 0.15) is 5.82 Å². The number of sulfonamides is 1. The van der Waals surface area contributed by atoms with Crippen LogP contribution in [0.2, 0.25) is 0 Å². The normalized spacial score (nSPS) is 12.1. The van der Waals surface area contributed by atoms with E-state index >= 15 is 0 Å². The van der Waals surface area contributed by atoms with Gasteiger partial charge in [-0.2, -0.15) is 0 Å². The monoisotopic (exact) mass is 303 g/mol. The lowest BCUT2D eigenvalue weighted by atomic mass is 10.1. The summed E-state index contributed by atoms with van der Waals surface area (Å²) in [5.41, 5.74) is 4.59. The SMILES string of the molecule is Cc1cc(S(=O)(=O)NC(=O)NC(C)(C)C)cc(N)c1F. The molecule has 0 aliphatic carbocycles. The second kappa shape index (κ2) is 5.28. The number of urea groups is 1. The third-order valence-electron chi connectivity index (χ3n) is 2.28. The van der Waals surface area contributed by atoms with Gasteiger partial charge in [0.2, 0.25) is 0 Å². The van der Waals surface area contributed by atoms with E-state index < -0.39 is 27.4 Å². The summed E-state index contributed by atoms with van der Waals surface area (Å²) in [6.07, 6.45) is 0. The zero-order chi connectivity index (χ0) is 15.7. The average Bonchev–Trinajstić information content (AvgIpc) is 2.21. The molecule has 0 saturated heterocycles. The van der Waals surface area contributed by atoms with Gasteiger partial charge in [-0.15, -0.1) is 0 Å². The van der Waals surface area contributed by atoms with E-state index in [-0.39, 0.29) is 16.1 Å².